The van der Waals surface area contributed by atoms with Gasteiger partial charge in [0.15, 0.2) is 0 Å². The van der Waals surface area contributed by atoms with Gasteiger partial charge < -0.3 is 48.0 Å². The monoisotopic (exact) mass is 474 g/mol. The van der Waals surface area contributed by atoms with Crippen LogP contribution in [0.5, 0.6) is 0 Å². The van der Waals surface area contributed by atoms with Gasteiger partial charge in [0.1, 0.15) is 0 Å². The molecule has 0 unspecified atom stereocenters. The molecule has 1 aromatic carbocycles. The quantitative estimate of drug-likeness (QED) is 0.362. The van der Waals surface area contributed by atoms with Crippen molar-refractivity contribution in [3.05, 3.63) is 42.8 Å². The molecule has 0 aromatic heterocycles. The number of hydrogen-bond donors (Lipinski definition) is 0. The fraction of sp³-hybridized carbons (Fsp3) is 0.125. The van der Waals surface area contributed by atoms with Crippen LogP contribution in [0.3, 0.4) is 0 Å². The van der Waals surface area contributed by atoms with Crippen molar-refractivity contribution in [2.75, 3.05) is 0 Å². The summed E-state index contributed by atoms with van der Waals surface area (Å²) in [6.45, 7) is 3.76. The van der Waals surface area contributed by atoms with Gasteiger partial charge in [0.25, 0.3) is 0 Å². The zero-order valence-electron chi connectivity index (χ0n) is 6.13. The summed E-state index contributed by atoms with van der Waals surface area (Å²) in [6, 6.07) is 10.2. The minimum Gasteiger partial charge on any atom is -1.00 e. The maximum absolute atomic E-state index is 3.76. The van der Waals surface area contributed by atoms with E-state index in [0.717, 1.165) is 6.42 Å². The van der Waals surface area contributed by atoms with Gasteiger partial charge in [0.2, 0.25) is 0 Å². The van der Waals surface area contributed by atoms with E-state index in [1.165, 1.54) is 5.56 Å². The van der Waals surface area contributed by atoms with Gasteiger partial charge in [-0.15, -0.1) is 0 Å². The van der Waals surface area contributed by atoms with Gasteiger partial charge in [0, 0.05) is 25.8 Å². The van der Waals surface area contributed by atoms with Crippen molar-refractivity contribution in [1.29, 1.82) is 0 Å². The summed E-state index contributed by atoms with van der Waals surface area (Å²) >= 11 is 0. The standard InChI is InChI=1S/C8H9.2HI.In/c1-2-8-6-4-3-5-7-8;;;/h3-7H,1-2H2;2*1H;/p-2. The molecule has 0 spiro atoms. The van der Waals surface area contributed by atoms with Crippen molar-refractivity contribution in [3.63, 3.8) is 0 Å². The van der Waals surface area contributed by atoms with Crippen LogP contribution in [-0.4, -0.2) is 25.8 Å². The van der Waals surface area contributed by atoms with Gasteiger partial charge in [0.05, 0.1) is 0 Å². The van der Waals surface area contributed by atoms with Crippen LogP contribution in [0.1, 0.15) is 5.56 Å². The summed E-state index contributed by atoms with van der Waals surface area (Å²) < 4.78 is 0. The van der Waals surface area contributed by atoms with Crippen LogP contribution in [0.25, 0.3) is 0 Å². The molecule has 0 fully saturated rings. The van der Waals surface area contributed by atoms with E-state index in [2.05, 4.69) is 19.1 Å². The van der Waals surface area contributed by atoms with E-state index in [1.807, 2.05) is 18.2 Å². The average Bonchev–Trinajstić information content (AvgIpc) is 1.90. The third-order valence-electron chi connectivity index (χ3n) is 1.13. The fourth-order valence-electron chi connectivity index (χ4n) is 0.645. The Bertz CT molecular complexity index is 153. The molecule has 0 N–H and O–H groups in total. The predicted octanol–water partition coefficient (Wildman–Crippen LogP) is -4.31. The van der Waals surface area contributed by atoms with Crippen molar-refractivity contribution in [3.8, 4) is 0 Å². The Morgan fingerprint density at radius 3 is 1.73 bits per heavy atom. The van der Waals surface area contributed by atoms with Crippen LogP contribution in [0.15, 0.2) is 30.3 Å². The molecule has 60 valence electrons. The fourth-order valence-corrected chi connectivity index (χ4v) is 0.645. The summed E-state index contributed by atoms with van der Waals surface area (Å²) in [5, 5.41) is 0. The first-order valence-electron chi connectivity index (χ1n) is 2.76. The third-order valence-corrected chi connectivity index (χ3v) is 1.13. The Kier molecular flexibility index (Phi) is 19.3. The molecule has 0 nitrogen and oxygen atoms in total. The molecule has 0 amide bonds. The Labute approximate surface area is 121 Å². The normalized spacial score (nSPS) is 6.64. The van der Waals surface area contributed by atoms with Crippen molar-refractivity contribution in [2.45, 2.75) is 6.42 Å². The first-order valence-corrected chi connectivity index (χ1v) is 2.76. The van der Waals surface area contributed by atoms with Gasteiger partial charge in [-0.3, -0.25) is 0 Å². The third kappa shape index (κ3) is 7.90. The SMILES string of the molecule is [CH2]Cc1ccccc1.[I-].[I-].[In]. The maximum atomic E-state index is 3.76. The Morgan fingerprint density at radius 1 is 1.00 bits per heavy atom. The zero-order chi connectivity index (χ0) is 5.82. The van der Waals surface area contributed by atoms with Crippen LogP contribution in [0, 0.1) is 6.92 Å². The molecule has 0 aliphatic heterocycles. The second-order valence-electron chi connectivity index (χ2n) is 1.74. The van der Waals surface area contributed by atoms with Crippen molar-refractivity contribution >= 4 is 25.8 Å². The first kappa shape index (κ1) is 18.4. The summed E-state index contributed by atoms with van der Waals surface area (Å²) in [5.41, 5.74) is 1.30. The van der Waals surface area contributed by atoms with Crippen molar-refractivity contribution < 1.29 is 48.0 Å². The van der Waals surface area contributed by atoms with E-state index in [-0.39, 0.29) is 73.8 Å². The molecule has 4 radical (unpaired) electrons. The minimum absolute atomic E-state index is 0. The number of hydrogen-bond acceptors (Lipinski definition) is 0. The molecule has 0 saturated carbocycles. The Hall–Kier alpha value is 1.55. The van der Waals surface area contributed by atoms with E-state index in [4.69, 9.17) is 0 Å². The topological polar surface area (TPSA) is 0 Å². The van der Waals surface area contributed by atoms with Gasteiger partial charge >= 0.3 is 0 Å². The van der Waals surface area contributed by atoms with Crippen molar-refractivity contribution in [1.82, 2.24) is 0 Å². The van der Waals surface area contributed by atoms with E-state index >= 15 is 0 Å². The predicted molar refractivity (Wildman–Crippen MR) is 41.3 cm³/mol. The molecule has 0 saturated heterocycles. The molecule has 3 heteroatoms. The molecule has 0 atom stereocenters. The average molecular weight is 474 g/mol. The molecule has 1 rings (SSSR count). The Balaban J connectivity index is -0.000000213. The van der Waals surface area contributed by atoms with Crippen LogP contribution < -0.4 is 48.0 Å². The molecule has 0 bridgehead atoms. The van der Waals surface area contributed by atoms with Crippen molar-refractivity contribution in [2.24, 2.45) is 0 Å². The smallest absolute Gasteiger partial charge is 0 e. The van der Waals surface area contributed by atoms with E-state index in [9.17, 15) is 0 Å². The second kappa shape index (κ2) is 11.6. The second-order valence-corrected chi connectivity index (χ2v) is 1.74. The van der Waals surface area contributed by atoms with E-state index in [1.54, 1.807) is 0 Å². The summed E-state index contributed by atoms with van der Waals surface area (Å²) in [4.78, 5) is 0. The van der Waals surface area contributed by atoms with Crippen LogP contribution >= 0.6 is 0 Å². The van der Waals surface area contributed by atoms with Gasteiger partial charge in [-0.2, -0.15) is 0 Å². The summed E-state index contributed by atoms with van der Waals surface area (Å²) in [6.07, 6.45) is 0.890. The van der Waals surface area contributed by atoms with Crippen LogP contribution in [-0.2, 0) is 6.42 Å². The molecule has 0 heterocycles. The number of halogens is 2. The number of rotatable bonds is 1. The van der Waals surface area contributed by atoms with Crippen LogP contribution in [0.2, 0.25) is 0 Å². The zero-order valence-corrected chi connectivity index (χ0v) is 13.7. The molecular weight excluding hydrogens is 465 g/mol. The number of benzene rings is 1. The minimum atomic E-state index is 0. The Morgan fingerprint density at radius 2 is 1.45 bits per heavy atom. The van der Waals surface area contributed by atoms with E-state index < -0.39 is 0 Å². The summed E-state index contributed by atoms with van der Waals surface area (Å²) in [5.74, 6) is 0. The van der Waals surface area contributed by atoms with Gasteiger partial charge in [-0.25, -0.2) is 0 Å². The molecule has 1 aromatic rings. The summed E-state index contributed by atoms with van der Waals surface area (Å²) in [7, 11) is 0. The largest absolute Gasteiger partial charge is 1.00 e. The molecular formula is C8H9I2In-2. The first-order chi connectivity index (χ1) is 3.93. The molecule has 0 aliphatic carbocycles. The van der Waals surface area contributed by atoms with Crippen LogP contribution in [0.4, 0.5) is 0 Å². The maximum Gasteiger partial charge on any atom is 0 e. The van der Waals surface area contributed by atoms with Gasteiger partial charge in [-0.05, 0) is 18.9 Å². The van der Waals surface area contributed by atoms with Gasteiger partial charge in [-0.1, -0.05) is 30.3 Å². The van der Waals surface area contributed by atoms with E-state index in [0.29, 0.717) is 0 Å². The molecule has 11 heavy (non-hydrogen) atoms. The molecule has 0 aliphatic rings.